The van der Waals surface area contributed by atoms with Crippen molar-refractivity contribution in [1.82, 2.24) is 14.7 Å². The van der Waals surface area contributed by atoms with Gasteiger partial charge in [-0.25, -0.2) is 4.68 Å². The summed E-state index contributed by atoms with van der Waals surface area (Å²) < 4.78 is 39.9. The number of alkyl halides is 3. The number of carbonyl (C=O) groups is 2. The molecular weight excluding hydrogens is 469 g/mol. The number of carbonyl (C=O) groups excluding carboxylic acids is 2. The van der Waals surface area contributed by atoms with Crippen LogP contribution in [0.15, 0.2) is 54.6 Å². The number of piperidine rings is 1. The number of aromatic nitrogens is 2. The molecule has 1 aliphatic rings. The summed E-state index contributed by atoms with van der Waals surface area (Å²) in [4.78, 5) is 27.2. The number of hydrogen-bond donors (Lipinski definition) is 1. The molecule has 1 aliphatic heterocycles. The Morgan fingerprint density at radius 1 is 1.06 bits per heavy atom. The summed E-state index contributed by atoms with van der Waals surface area (Å²) in [6.45, 7) is 2.50. The van der Waals surface area contributed by atoms with E-state index in [-0.39, 0.29) is 23.3 Å². The maximum atomic E-state index is 12.9. The molecule has 2 heterocycles. The van der Waals surface area contributed by atoms with Crippen LogP contribution < -0.4 is 5.32 Å². The summed E-state index contributed by atoms with van der Waals surface area (Å²) in [6, 6.07) is 13.1. The molecule has 1 saturated heterocycles. The Morgan fingerprint density at radius 2 is 1.74 bits per heavy atom. The maximum Gasteiger partial charge on any atom is 0.416 e. The predicted molar refractivity (Wildman–Crippen MR) is 122 cm³/mol. The molecule has 3 aromatic rings. The molecule has 1 N–H and O–H groups in total. The minimum absolute atomic E-state index is 0.176. The van der Waals surface area contributed by atoms with Crippen molar-refractivity contribution in [3.63, 3.8) is 0 Å². The zero-order chi connectivity index (χ0) is 24.5. The fourth-order valence-electron chi connectivity index (χ4n) is 3.95. The van der Waals surface area contributed by atoms with Gasteiger partial charge in [-0.05, 0) is 62.2 Å². The van der Waals surface area contributed by atoms with Gasteiger partial charge in [0.05, 0.1) is 16.9 Å². The van der Waals surface area contributed by atoms with Gasteiger partial charge in [0.1, 0.15) is 5.82 Å². The number of anilines is 1. The highest BCUT2D eigenvalue weighted by Crippen LogP contribution is 2.30. The Hall–Kier alpha value is -3.33. The summed E-state index contributed by atoms with van der Waals surface area (Å²) in [7, 11) is 0. The average Bonchev–Trinajstić information content (AvgIpc) is 3.18. The molecule has 178 valence electrons. The summed E-state index contributed by atoms with van der Waals surface area (Å²) >= 11 is 6.08. The average molecular weight is 491 g/mol. The van der Waals surface area contributed by atoms with Gasteiger partial charge in [0.2, 0.25) is 5.91 Å². The number of likely N-dealkylation sites (tertiary alicyclic amines) is 1. The zero-order valence-electron chi connectivity index (χ0n) is 18.3. The second kappa shape index (κ2) is 9.50. The van der Waals surface area contributed by atoms with Crippen molar-refractivity contribution in [3.05, 3.63) is 76.4 Å². The molecule has 6 nitrogen and oxygen atoms in total. The van der Waals surface area contributed by atoms with Crippen LogP contribution in [0.4, 0.5) is 19.0 Å². The summed E-state index contributed by atoms with van der Waals surface area (Å²) in [5, 5.41) is 7.90. The van der Waals surface area contributed by atoms with Gasteiger partial charge in [0, 0.05) is 35.7 Å². The Labute approximate surface area is 199 Å². The highest BCUT2D eigenvalue weighted by molar-refractivity contribution is 6.30. The molecule has 1 fully saturated rings. The van der Waals surface area contributed by atoms with Gasteiger partial charge in [-0.2, -0.15) is 18.3 Å². The third-order valence-corrected chi connectivity index (χ3v) is 5.98. The summed E-state index contributed by atoms with van der Waals surface area (Å²) in [5.41, 5.74) is 0.837. The first-order valence-electron chi connectivity index (χ1n) is 10.7. The van der Waals surface area contributed by atoms with E-state index in [1.54, 1.807) is 33.8 Å². The molecule has 0 atom stereocenters. The highest BCUT2D eigenvalue weighted by atomic mass is 35.5. The van der Waals surface area contributed by atoms with E-state index < -0.39 is 11.7 Å². The van der Waals surface area contributed by atoms with Crippen molar-refractivity contribution in [3.8, 4) is 5.69 Å². The first kappa shape index (κ1) is 23.8. The first-order chi connectivity index (χ1) is 16.1. The van der Waals surface area contributed by atoms with Crippen LogP contribution in [0, 0.1) is 12.8 Å². The van der Waals surface area contributed by atoms with Crippen LogP contribution in [0.5, 0.6) is 0 Å². The van der Waals surface area contributed by atoms with E-state index in [4.69, 9.17) is 11.6 Å². The van der Waals surface area contributed by atoms with Crippen LogP contribution in [0.3, 0.4) is 0 Å². The van der Waals surface area contributed by atoms with E-state index in [1.807, 2.05) is 13.0 Å². The van der Waals surface area contributed by atoms with Crippen molar-refractivity contribution < 1.29 is 22.8 Å². The fraction of sp³-hybridized carbons (Fsp3) is 0.292. The Bertz CT molecular complexity index is 1200. The largest absolute Gasteiger partial charge is 0.416 e. The van der Waals surface area contributed by atoms with Gasteiger partial charge in [-0.15, -0.1) is 0 Å². The molecule has 34 heavy (non-hydrogen) atoms. The number of nitrogens with zero attached hydrogens (tertiary/aromatic N) is 3. The number of hydrogen-bond acceptors (Lipinski definition) is 3. The van der Waals surface area contributed by atoms with Crippen molar-refractivity contribution in [2.24, 2.45) is 5.92 Å². The third-order valence-electron chi connectivity index (χ3n) is 5.75. The Morgan fingerprint density at radius 3 is 2.35 bits per heavy atom. The van der Waals surface area contributed by atoms with Crippen LogP contribution in [0.1, 0.15) is 34.5 Å². The normalized spacial score (nSPS) is 14.8. The smallest absolute Gasteiger partial charge is 0.339 e. The third kappa shape index (κ3) is 5.25. The molecule has 0 saturated carbocycles. The molecule has 2 aromatic carbocycles. The number of benzene rings is 2. The van der Waals surface area contributed by atoms with E-state index in [0.717, 1.165) is 17.8 Å². The van der Waals surface area contributed by atoms with Gasteiger partial charge < -0.3 is 10.2 Å². The highest BCUT2D eigenvalue weighted by Gasteiger charge is 2.31. The van der Waals surface area contributed by atoms with Crippen molar-refractivity contribution in [1.29, 1.82) is 0 Å². The lowest BCUT2D eigenvalue weighted by Crippen LogP contribution is -2.41. The van der Waals surface area contributed by atoms with Crippen LogP contribution in [0.2, 0.25) is 5.02 Å². The van der Waals surface area contributed by atoms with Gasteiger partial charge in [0.15, 0.2) is 0 Å². The van der Waals surface area contributed by atoms with Crippen molar-refractivity contribution >= 4 is 29.2 Å². The van der Waals surface area contributed by atoms with E-state index in [1.165, 1.54) is 12.1 Å². The molecule has 0 spiro atoms. The van der Waals surface area contributed by atoms with Crippen LogP contribution >= 0.6 is 11.6 Å². The van der Waals surface area contributed by atoms with Crippen molar-refractivity contribution in [2.75, 3.05) is 18.4 Å². The van der Waals surface area contributed by atoms with Gasteiger partial charge in [-0.1, -0.05) is 17.7 Å². The second-order valence-corrected chi connectivity index (χ2v) is 8.63. The fourth-order valence-corrected chi connectivity index (χ4v) is 4.14. The number of aryl methyl sites for hydroxylation is 1. The van der Waals surface area contributed by atoms with Crippen LogP contribution in [-0.2, 0) is 11.0 Å². The van der Waals surface area contributed by atoms with E-state index in [0.29, 0.717) is 42.5 Å². The molecule has 0 unspecified atom stereocenters. The van der Waals surface area contributed by atoms with Crippen molar-refractivity contribution in [2.45, 2.75) is 25.9 Å². The first-order valence-corrected chi connectivity index (χ1v) is 11.1. The molecule has 10 heteroatoms. The number of halogens is 4. The summed E-state index contributed by atoms with van der Waals surface area (Å²) in [5.74, 6) is -0.306. The second-order valence-electron chi connectivity index (χ2n) is 8.19. The maximum absolute atomic E-state index is 12.9. The van der Waals surface area contributed by atoms with E-state index in [9.17, 15) is 22.8 Å². The molecule has 2 amide bonds. The SMILES string of the molecule is Cc1cc(NC(=O)C2CCN(C(=O)c3ccc(C(F)(F)F)cc3)CC2)n(-c2cccc(Cl)c2)n1. The zero-order valence-corrected chi connectivity index (χ0v) is 19.0. The van der Waals surface area contributed by atoms with E-state index >= 15 is 0 Å². The molecule has 0 aliphatic carbocycles. The molecule has 0 radical (unpaired) electrons. The van der Waals surface area contributed by atoms with Crippen LogP contribution in [0.25, 0.3) is 5.69 Å². The lowest BCUT2D eigenvalue weighted by Gasteiger charge is -2.31. The number of nitrogens with one attached hydrogen (secondary N) is 1. The Balaban J connectivity index is 1.38. The lowest BCUT2D eigenvalue weighted by atomic mass is 9.95. The molecular formula is C24H22ClF3N4O2. The minimum atomic E-state index is -4.45. The predicted octanol–water partition coefficient (Wildman–Crippen LogP) is 5.34. The standard InChI is InChI=1S/C24H22ClF3N4O2/c1-15-13-21(32(30-15)20-4-2-3-19(25)14-20)29-22(33)16-9-11-31(12-10-16)23(34)17-5-7-18(8-6-17)24(26,27)28/h2-8,13-14,16H,9-12H2,1H3,(H,29,33). The lowest BCUT2D eigenvalue weighted by molar-refractivity contribution is -0.137. The summed E-state index contributed by atoms with van der Waals surface area (Å²) in [6.07, 6.45) is -3.56. The van der Waals surface area contributed by atoms with Gasteiger partial charge in [0.25, 0.3) is 5.91 Å². The quantitative estimate of drug-likeness (QED) is 0.536. The molecule has 4 rings (SSSR count). The Kier molecular flexibility index (Phi) is 6.65. The van der Waals surface area contributed by atoms with Crippen LogP contribution in [-0.4, -0.2) is 39.6 Å². The minimum Gasteiger partial charge on any atom is -0.339 e. The number of rotatable bonds is 4. The topological polar surface area (TPSA) is 67.2 Å². The van der Waals surface area contributed by atoms with E-state index in [2.05, 4.69) is 10.4 Å². The van der Waals surface area contributed by atoms with Gasteiger partial charge >= 0.3 is 6.18 Å². The van der Waals surface area contributed by atoms with Gasteiger partial charge in [-0.3, -0.25) is 9.59 Å². The molecule has 0 bridgehead atoms. The monoisotopic (exact) mass is 490 g/mol. The number of amides is 2. The molecule has 1 aromatic heterocycles.